The summed E-state index contributed by atoms with van der Waals surface area (Å²) >= 11 is 18.0. The van der Waals surface area contributed by atoms with E-state index in [1.807, 2.05) is 0 Å². The van der Waals surface area contributed by atoms with E-state index in [0.717, 1.165) is 4.31 Å². The fourth-order valence-corrected chi connectivity index (χ4v) is 4.77. The van der Waals surface area contributed by atoms with Crippen LogP contribution in [0.4, 0.5) is 0 Å². The summed E-state index contributed by atoms with van der Waals surface area (Å²) < 4.78 is 26.8. The van der Waals surface area contributed by atoms with Crippen molar-refractivity contribution in [3.05, 3.63) is 63.1 Å². The maximum absolute atomic E-state index is 13.3. The molecule has 2 aromatic rings. The SMILES string of the molecule is CCNC(=O)C(CC)N(Cc1ccc(Cl)c(Cl)c1)C(=O)CN(C)S(=O)(=O)c1ccc(Cl)cc1. The zero-order valence-electron chi connectivity index (χ0n) is 18.5. The van der Waals surface area contributed by atoms with Gasteiger partial charge in [-0.15, -0.1) is 0 Å². The highest BCUT2D eigenvalue weighted by Gasteiger charge is 2.31. The predicted octanol–water partition coefficient (Wildman–Crippen LogP) is 4.21. The van der Waals surface area contributed by atoms with Crippen LogP contribution in [0.15, 0.2) is 47.4 Å². The Morgan fingerprint density at radius 1 is 1.00 bits per heavy atom. The molecule has 0 radical (unpaired) electrons. The summed E-state index contributed by atoms with van der Waals surface area (Å²) in [5, 5.41) is 3.80. The maximum atomic E-state index is 13.3. The van der Waals surface area contributed by atoms with Gasteiger partial charge in [0.15, 0.2) is 0 Å². The van der Waals surface area contributed by atoms with Gasteiger partial charge in [0, 0.05) is 25.2 Å². The van der Waals surface area contributed by atoms with Crippen LogP contribution < -0.4 is 5.32 Å². The maximum Gasteiger partial charge on any atom is 0.243 e. The Hall–Kier alpha value is -1.84. The lowest BCUT2D eigenvalue weighted by Gasteiger charge is -2.32. The Morgan fingerprint density at radius 3 is 2.18 bits per heavy atom. The van der Waals surface area contributed by atoms with Gasteiger partial charge in [0.25, 0.3) is 0 Å². The van der Waals surface area contributed by atoms with E-state index < -0.39 is 28.5 Å². The Labute approximate surface area is 209 Å². The Balaban J connectivity index is 2.33. The number of amides is 2. The zero-order chi connectivity index (χ0) is 24.8. The molecule has 7 nitrogen and oxygen atoms in total. The van der Waals surface area contributed by atoms with Crippen LogP contribution in [0, 0.1) is 0 Å². The summed E-state index contributed by atoms with van der Waals surface area (Å²) in [5.74, 6) is -0.851. The van der Waals surface area contributed by atoms with Crippen molar-refractivity contribution in [3.8, 4) is 0 Å². The summed E-state index contributed by atoms with van der Waals surface area (Å²) in [4.78, 5) is 27.3. The van der Waals surface area contributed by atoms with Gasteiger partial charge in [0.2, 0.25) is 21.8 Å². The van der Waals surface area contributed by atoms with Crippen LogP contribution in [-0.2, 0) is 26.2 Å². The number of nitrogens with zero attached hydrogens (tertiary/aromatic N) is 2. The normalized spacial score (nSPS) is 12.5. The van der Waals surface area contributed by atoms with Gasteiger partial charge in [-0.25, -0.2) is 8.42 Å². The van der Waals surface area contributed by atoms with Crippen molar-refractivity contribution < 1.29 is 18.0 Å². The molecule has 180 valence electrons. The number of likely N-dealkylation sites (N-methyl/N-ethyl adjacent to an activating group) is 2. The molecule has 1 unspecified atom stereocenters. The van der Waals surface area contributed by atoms with E-state index in [1.54, 1.807) is 32.0 Å². The number of sulfonamides is 1. The van der Waals surface area contributed by atoms with E-state index in [1.165, 1.54) is 36.2 Å². The molecule has 2 amide bonds. The number of carbonyl (C=O) groups excluding carboxylic acids is 2. The molecule has 0 saturated carbocycles. The molecule has 0 aliphatic carbocycles. The third-order valence-electron chi connectivity index (χ3n) is 4.95. The molecule has 2 rings (SSSR count). The lowest BCUT2D eigenvalue weighted by atomic mass is 10.1. The van der Waals surface area contributed by atoms with Crippen LogP contribution in [-0.4, -0.2) is 55.6 Å². The van der Waals surface area contributed by atoms with Crippen LogP contribution in [0.5, 0.6) is 0 Å². The lowest BCUT2D eigenvalue weighted by Crippen LogP contribution is -2.51. The van der Waals surface area contributed by atoms with Crippen molar-refractivity contribution in [2.24, 2.45) is 0 Å². The van der Waals surface area contributed by atoms with Gasteiger partial charge in [0.1, 0.15) is 6.04 Å². The summed E-state index contributed by atoms with van der Waals surface area (Å²) in [6.07, 6.45) is 0.340. The predicted molar refractivity (Wildman–Crippen MR) is 131 cm³/mol. The van der Waals surface area contributed by atoms with Crippen molar-refractivity contribution in [2.75, 3.05) is 20.1 Å². The first-order valence-electron chi connectivity index (χ1n) is 10.2. The standard InChI is InChI=1S/C22H26Cl3N3O4S/c1-4-20(22(30)26-5-2)28(13-15-6-11-18(24)19(25)12-15)21(29)14-27(3)33(31,32)17-9-7-16(23)8-10-17/h6-12,20H,4-5,13-14H2,1-3H3,(H,26,30). The number of hydrogen-bond donors (Lipinski definition) is 1. The van der Waals surface area contributed by atoms with E-state index in [4.69, 9.17) is 34.8 Å². The first-order chi connectivity index (χ1) is 15.5. The number of rotatable bonds is 10. The van der Waals surface area contributed by atoms with Crippen molar-refractivity contribution in [1.82, 2.24) is 14.5 Å². The first-order valence-corrected chi connectivity index (χ1v) is 12.8. The molecule has 2 aromatic carbocycles. The second-order valence-corrected chi connectivity index (χ2v) is 10.6. The Bertz CT molecular complexity index is 1090. The zero-order valence-corrected chi connectivity index (χ0v) is 21.6. The molecule has 33 heavy (non-hydrogen) atoms. The number of hydrogen-bond acceptors (Lipinski definition) is 4. The van der Waals surface area contributed by atoms with Crippen molar-refractivity contribution >= 4 is 56.6 Å². The van der Waals surface area contributed by atoms with Gasteiger partial charge in [-0.3, -0.25) is 9.59 Å². The second kappa shape index (κ2) is 12.0. The van der Waals surface area contributed by atoms with Crippen LogP contribution in [0.1, 0.15) is 25.8 Å². The monoisotopic (exact) mass is 533 g/mol. The van der Waals surface area contributed by atoms with E-state index in [0.29, 0.717) is 33.6 Å². The molecule has 0 fully saturated rings. The second-order valence-electron chi connectivity index (χ2n) is 7.30. The largest absolute Gasteiger partial charge is 0.355 e. The lowest BCUT2D eigenvalue weighted by molar-refractivity contribution is -0.141. The molecule has 0 heterocycles. The van der Waals surface area contributed by atoms with Crippen LogP contribution >= 0.6 is 34.8 Å². The molecule has 0 aliphatic heterocycles. The van der Waals surface area contributed by atoms with E-state index >= 15 is 0 Å². The first kappa shape index (κ1) is 27.4. The Morgan fingerprint density at radius 2 is 1.64 bits per heavy atom. The Kier molecular flexibility index (Phi) is 10.00. The van der Waals surface area contributed by atoms with Gasteiger partial charge < -0.3 is 10.2 Å². The minimum absolute atomic E-state index is 0.00833. The summed E-state index contributed by atoms with van der Waals surface area (Å²) in [6, 6.07) is 9.79. The number of halogens is 3. The minimum Gasteiger partial charge on any atom is -0.355 e. The third-order valence-corrected chi connectivity index (χ3v) is 7.76. The molecule has 1 N–H and O–H groups in total. The fourth-order valence-electron chi connectivity index (χ4n) is 3.20. The molecule has 0 aliphatic rings. The quantitative estimate of drug-likeness (QED) is 0.495. The molecule has 0 bridgehead atoms. The van der Waals surface area contributed by atoms with E-state index in [-0.39, 0.29) is 17.3 Å². The smallest absolute Gasteiger partial charge is 0.243 e. The topological polar surface area (TPSA) is 86.8 Å². The highest BCUT2D eigenvalue weighted by molar-refractivity contribution is 7.89. The molecule has 0 aromatic heterocycles. The average molecular weight is 535 g/mol. The van der Waals surface area contributed by atoms with Gasteiger partial charge in [-0.05, 0) is 55.3 Å². The van der Waals surface area contributed by atoms with Crippen LogP contribution in [0.3, 0.4) is 0 Å². The third kappa shape index (κ3) is 7.07. The highest BCUT2D eigenvalue weighted by Crippen LogP contribution is 2.24. The highest BCUT2D eigenvalue weighted by atomic mass is 35.5. The summed E-state index contributed by atoms with van der Waals surface area (Å²) in [7, 11) is -2.63. The van der Waals surface area contributed by atoms with Crippen LogP contribution in [0.2, 0.25) is 15.1 Å². The molecule has 0 spiro atoms. The molecule has 11 heteroatoms. The molecular weight excluding hydrogens is 509 g/mol. The van der Waals surface area contributed by atoms with Crippen molar-refractivity contribution in [1.29, 1.82) is 0 Å². The summed E-state index contributed by atoms with van der Waals surface area (Å²) in [5.41, 5.74) is 0.656. The fraction of sp³-hybridized carbons (Fsp3) is 0.364. The number of carbonyl (C=O) groups is 2. The molecule has 0 saturated heterocycles. The molecule has 1 atom stereocenters. The number of nitrogens with one attached hydrogen (secondary N) is 1. The van der Waals surface area contributed by atoms with Gasteiger partial charge in [-0.2, -0.15) is 4.31 Å². The van der Waals surface area contributed by atoms with Gasteiger partial charge in [0.05, 0.1) is 21.5 Å². The number of benzene rings is 2. The van der Waals surface area contributed by atoms with E-state index in [9.17, 15) is 18.0 Å². The van der Waals surface area contributed by atoms with Gasteiger partial charge >= 0.3 is 0 Å². The van der Waals surface area contributed by atoms with E-state index in [2.05, 4.69) is 5.32 Å². The van der Waals surface area contributed by atoms with Crippen molar-refractivity contribution in [2.45, 2.75) is 37.8 Å². The molecular formula is C22H26Cl3N3O4S. The van der Waals surface area contributed by atoms with Crippen molar-refractivity contribution in [3.63, 3.8) is 0 Å². The van der Waals surface area contributed by atoms with Gasteiger partial charge in [-0.1, -0.05) is 47.8 Å². The average Bonchev–Trinajstić information content (AvgIpc) is 2.76. The summed E-state index contributed by atoms with van der Waals surface area (Å²) in [6.45, 7) is 3.56. The minimum atomic E-state index is -3.94. The van der Waals surface area contributed by atoms with Crippen LogP contribution in [0.25, 0.3) is 0 Å².